The van der Waals surface area contributed by atoms with Crippen LogP contribution in [0.5, 0.6) is 5.75 Å². The van der Waals surface area contributed by atoms with E-state index < -0.39 is 0 Å². The average molecular weight is 467 g/mol. The predicted octanol–water partition coefficient (Wildman–Crippen LogP) is 7.44. The molecule has 0 unspecified atom stereocenters. The number of anilines is 1. The Morgan fingerprint density at radius 1 is 1.03 bits per heavy atom. The van der Waals surface area contributed by atoms with Crippen molar-refractivity contribution >= 4 is 43.2 Å². The Kier molecular flexibility index (Phi) is 6.16. The van der Waals surface area contributed by atoms with Gasteiger partial charge in [-0.2, -0.15) is 0 Å². The van der Waals surface area contributed by atoms with Gasteiger partial charge in [0.1, 0.15) is 10.8 Å². The van der Waals surface area contributed by atoms with Crippen molar-refractivity contribution in [3.8, 4) is 16.3 Å². The Morgan fingerprint density at radius 2 is 1.86 bits per heavy atom. The van der Waals surface area contributed by atoms with Gasteiger partial charge in [0, 0.05) is 27.8 Å². The number of benzene rings is 3. The molecule has 3 nitrogen and oxygen atoms in total. The van der Waals surface area contributed by atoms with E-state index in [-0.39, 0.29) is 0 Å². The maximum absolute atomic E-state index is 5.88. The van der Waals surface area contributed by atoms with Crippen molar-refractivity contribution in [1.82, 2.24) is 4.98 Å². The summed E-state index contributed by atoms with van der Waals surface area (Å²) < 4.78 is 8.16. The first-order chi connectivity index (χ1) is 14.1. The van der Waals surface area contributed by atoms with Crippen molar-refractivity contribution in [3.05, 3.63) is 76.3 Å². The van der Waals surface area contributed by atoms with Crippen LogP contribution < -0.4 is 10.1 Å². The minimum atomic E-state index is 0.707. The summed E-state index contributed by atoms with van der Waals surface area (Å²) in [7, 11) is 0. The molecule has 0 radical (unpaired) electrons. The van der Waals surface area contributed by atoms with Crippen molar-refractivity contribution in [2.45, 2.75) is 26.8 Å². The fourth-order valence-electron chi connectivity index (χ4n) is 3.12. The molecule has 0 aliphatic heterocycles. The third kappa shape index (κ3) is 4.80. The Labute approximate surface area is 183 Å². The molecule has 1 N–H and O–H groups in total. The zero-order chi connectivity index (χ0) is 20.2. The number of halogens is 1. The van der Waals surface area contributed by atoms with Gasteiger partial charge in [-0.05, 0) is 73.5 Å². The standard InChI is InChI=1S/C24H23BrN2OS/c1-3-12-28-22-11-7-19(25)14-18(22)15-26-20-8-5-17(6-9-20)24-27-21-10-4-16(2)13-23(21)29-24/h4-11,13-14,26H,3,12,15H2,1-2H3. The summed E-state index contributed by atoms with van der Waals surface area (Å²) in [5, 5.41) is 4.55. The lowest BCUT2D eigenvalue weighted by molar-refractivity contribution is 0.314. The van der Waals surface area contributed by atoms with Gasteiger partial charge in [0.15, 0.2) is 0 Å². The number of aromatic nitrogens is 1. The van der Waals surface area contributed by atoms with Gasteiger partial charge in [-0.25, -0.2) is 4.98 Å². The van der Waals surface area contributed by atoms with Crippen LogP contribution in [-0.2, 0) is 6.54 Å². The van der Waals surface area contributed by atoms with Gasteiger partial charge in [0.25, 0.3) is 0 Å². The van der Waals surface area contributed by atoms with Crippen LogP contribution in [0.1, 0.15) is 24.5 Å². The fourth-order valence-corrected chi connectivity index (χ4v) is 4.60. The molecule has 29 heavy (non-hydrogen) atoms. The van der Waals surface area contributed by atoms with Gasteiger partial charge < -0.3 is 10.1 Å². The molecule has 0 aliphatic rings. The summed E-state index contributed by atoms with van der Waals surface area (Å²) in [6.45, 7) is 5.66. The number of aryl methyl sites for hydroxylation is 1. The van der Waals surface area contributed by atoms with Crippen LogP contribution in [0.4, 0.5) is 5.69 Å². The Bertz CT molecular complexity index is 1120. The third-order valence-electron chi connectivity index (χ3n) is 4.64. The molecule has 5 heteroatoms. The molecule has 0 aliphatic carbocycles. The first-order valence-electron chi connectivity index (χ1n) is 9.75. The lowest BCUT2D eigenvalue weighted by Crippen LogP contribution is -2.04. The maximum Gasteiger partial charge on any atom is 0.124 e. The van der Waals surface area contributed by atoms with E-state index in [4.69, 9.17) is 9.72 Å². The van der Waals surface area contributed by atoms with E-state index in [1.165, 1.54) is 10.3 Å². The van der Waals surface area contributed by atoms with Crippen LogP contribution in [0.3, 0.4) is 0 Å². The molecular formula is C24H23BrN2OS. The zero-order valence-corrected chi connectivity index (χ0v) is 18.9. The second-order valence-electron chi connectivity index (χ2n) is 7.02. The minimum Gasteiger partial charge on any atom is -0.493 e. The summed E-state index contributed by atoms with van der Waals surface area (Å²) in [4.78, 5) is 4.77. The number of rotatable bonds is 7. The Hall–Kier alpha value is -2.37. The van der Waals surface area contributed by atoms with Crippen molar-refractivity contribution in [2.24, 2.45) is 0 Å². The number of hydrogen-bond donors (Lipinski definition) is 1. The quantitative estimate of drug-likeness (QED) is 0.307. The van der Waals surface area contributed by atoms with E-state index >= 15 is 0 Å². The van der Waals surface area contributed by atoms with E-state index in [0.29, 0.717) is 6.54 Å². The number of ether oxygens (including phenoxy) is 1. The molecule has 0 atom stereocenters. The van der Waals surface area contributed by atoms with E-state index in [0.717, 1.165) is 50.6 Å². The molecule has 1 heterocycles. The molecule has 0 saturated carbocycles. The smallest absolute Gasteiger partial charge is 0.124 e. The van der Waals surface area contributed by atoms with Crippen molar-refractivity contribution in [3.63, 3.8) is 0 Å². The van der Waals surface area contributed by atoms with Crippen molar-refractivity contribution in [1.29, 1.82) is 0 Å². The highest BCUT2D eigenvalue weighted by Crippen LogP contribution is 2.31. The highest BCUT2D eigenvalue weighted by Gasteiger charge is 2.08. The zero-order valence-electron chi connectivity index (χ0n) is 16.5. The van der Waals surface area contributed by atoms with Gasteiger partial charge >= 0.3 is 0 Å². The largest absolute Gasteiger partial charge is 0.493 e. The van der Waals surface area contributed by atoms with Gasteiger partial charge in [-0.15, -0.1) is 11.3 Å². The van der Waals surface area contributed by atoms with Gasteiger partial charge in [0.2, 0.25) is 0 Å². The van der Waals surface area contributed by atoms with Crippen LogP contribution in [0.15, 0.2) is 65.1 Å². The molecule has 0 fully saturated rings. The van der Waals surface area contributed by atoms with E-state index in [9.17, 15) is 0 Å². The van der Waals surface area contributed by atoms with Gasteiger partial charge in [0.05, 0.1) is 16.8 Å². The molecule has 4 aromatic rings. The van der Waals surface area contributed by atoms with Gasteiger partial charge in [-0.1, -0.05) is 28.9 Å². The molecule has 0 bridgehead atoms. The number of hydrogen-bond acceptors (Lipinski definition) is 4. The predicted molar refractivity (Wildman–Crippen MR) is 127 cm³/mol. The highest BCUT2D eigenvalue weighted by molar-refractivity contribution is 9.10. The Morgan fingerprint density at radius 3 is 2.66 bits per heavy atom. The first kappa shape index (κ1) is 19.9. The van der Waals surface area contributed by atoms with Crippen LogP contribution >= 0.6 is 27.3 Å². The fraction of sp³-hybridized carbons (Fsp3) is 0.208. The van der Waals surface area contributed by atoms with Crippen LogP contribution in [0.25, 0.3) is 20.8 Å². The summed E-state index contributed by atoms with van der Waals surface area (Å²) in [5.41, 5.74) is 5.68. The van der Waals surface area contributed by atoms with Gasteiger partial charge in [-0.3, -0.25) is 0 Å². The number of nitrogens with zero attached hydrogens (tertiary/aromatic N) is 1. The lowest BCUT2D eigenvalue weighted by Gasteiger charge is -2.13. The molecule has 0 saturated heterocycles. The van der Waals surface area contributed by atoms with Crippen molar-refractivity contribution in [2.75, 3.05) is 11.9 Å². The number of thiazole rings is 1. The lowest BCUT2D eigenvalue weighted by atomic mass is 10.1. The second-order valence-corrected chi connectivity index (χ2v) is 8.97. The van der Waals surface area contributed by atoms with Crippen LogP contribution in [0.2, 0.25) is 0 Å². The minimum absolute atomic E-state index is 0.707. The number of nitrogens with one attached hydrogen (secondary N) is 1. The normalized spacial score (nSPS) is 11.0. The monoisotopic (exact) mass is 466 g/mol. The molecule has 3 aromatic carbocycles. The van der Waals surface area contributed by atoms with E-state index in [1.807, 2.05) is 12.1 Å². The van der Waals surface area contributed by atoms with E-state index in [2.05, 4.69) is 83.6 Å². The van der Waals surface area contributed by atoms with Crippen molar-refractivity contribution < 1.29 is 4.74 Å². The molecule has 1 aromatic heterocycles. The third-order valence-corrected chi connectivity index (χ3v) is 6.20. The summed E-state index contributed by atoms with van der Waals surface area (Å²) in [6.07, 6.45) is 0.996. The first-order valence-corrected chi connectivity index (χ1v) is 11.4. The SMILES string of the molecule is CCCOc1ccc(Br)cc1CNc1ccc(-c2nc3ccc(C)cc3s2)cc1. The highest BCUT2D eigenvalue weighted by atomic mass is 79.9. The average Bonchev–Trinajstić information content (AvgIpc) is 3.15. The Balaban J connectivity index is 1.48. The number of fused-ring (bicyclic) bond motifs is 1. The van der Waals surface area contributed by atoms with Crippen LogP contribution in [-0.4, -0.2) is 11.6 Å². The summed E-state index contributed by atoms with van der Waals surface area (Å²) in [6, 6.07) is 21.0. The van der Waals surface area contributed by atoms with E-state index in [1.54, 1.807) is 11.3 Å². The second kappa shape index (κ2) is 8.97. The molecule has 0 spiro atoms. The summed E-state index contributed by atoms with van der Waals surface area (Å²) >= 11 is 5.29. The molecule has 148 valence electrons. The molecule has 4 rings (SSSR count). The summed E-state index contributed by atoms with van der Waals surface area (Å²) in [5.74, 6) is 0.934. The molecular weight excluding hydrogens is 444 g/mol. The maximum atomic E-state index is 5.88. The molecule has 0 amide bonds. The topological polar surface area (TPSA) is 34.1 Å². The van der Waals surface area contributed by atoms with Crippen LogP contribution in [0, 0.1) is 6.92 Å².